The van der Waals surface area contributed by atoms with E-state index in [1.807, 2.05) is 0 Å². The van der Waals surface area contributed by atoms with Gasteiger partial charge in [0, 0.05) is 15.7 Å². The summed E-state index contributed by atoms with van der Waals surface area (Å²) >= 11 is 3.32. The first-order chi connectivity index (χ1) is 8.84. The number of primary amides is 1. The van der Waals surface area contributed by atoms with E-state index in [1.54, 1.807) is 25.1 Å². The van der Waals surface area contributed by atoms with E-state index < -0.39 is 17.4 Å². The Morgan fingerprint density at radius 1 is 1.47 bits per heavy atom. The van der Waals surface area contributed by atoms with Gasteiger partial charge < -0.3 is 16.2 Å². The van der Waals surface area contributed by atoms with E-state index in [1.165, 1.54) is 0 Å². The molecule has 0 aliphatic heterocycles. The Labute approximate surface area is 119 Å². The van der Waals surface area contributed by atoms with Crippen LogP contribution in [0.2, 0.25) is 0 Å². The minimum absolute atomic E-state index is 0.132. The molecule has 1 aromatic rings. The number of carboxylic acids is 1. The van der Waals surface area contributed by atoms with Crippen LogP contribution >= 0.6 is 15.9 Å². The minimum Gasteiger partial charge on any atom is -0.480 e. The molecule has 0 aromatic heterocycles. The Morgan fingerprint density at radius 2 is 2.11 bits per heavy atom. The van der Waals surface area contributed by atoms with Crippen LogP contribution in [0.3, 0.4) is 0 Å². The van der Waals surface area contributed by atoms with Crippen molar-refractivity contribution in [3.63, 3.8) is 0 Å². The van der Waals surface area contributed by atoms with Crippen LogP contribution in [-0.4, -0.2) is 22.5 Å². The monoisotopic (exact) mass is 326 g/mol. The van der Waals surface area contributed by atoms with Crippen molar-refractivity contribution in [2.24, 2.45) is 11.7 Å². The largest absolute Gasteiger partial charge is 0.480 e. The van der Waals surface area contributed by atoms with Crippen molar-refractivity contribution in [3.05, 3.63) is 28.2 Å². The number of hydrogen-bond donors (Lipinski definition) is 3. The maximum Gasteiger partial charge on any atom is 0.329 e. The number of amides is 1. The zero-order valence-corrected chi connectivity index (χ0v) is 12.0. The SMILES string of the molecule is CC(Nc1ccc(C(N)=O)cc1Br)(C(=O)O)C1CC1. The van der Waals surface area contributed by atoms with Gasteiger partial charge in [-0.1, -0.05) is 0 Å². The molecule has 1 aliphatic rings. The first-order valence-corrected chi connectivity index (χ1v) is 6.75. The number of rotatable bonds is 5. The lowest BCUT2D eigenvalue weighted by atomic mass is 9.95. The van der Waals surface area contributed by atoms with Crippen molar-refractivity contribution in [3.8, 4) is 0 Å². The van der Waals surface area contributed by atoms with Crippen molar-refractivity contribution >= 4 is 33.5 Å². The second-order valence-corrected chi connectivity index (χ2v) is 5.82. The zero-order valence-electron chi connectivity index (χ0n) is 10.4. The van der Waals surface area contributed by atoms with Crippen molar-refractivity contribution in [2.45, 2.75) is 25.3 Å². The highest BCUT2D eigenvalue weighted by molar-refractivity contribution is 9.10. The molecular formula is C13H15BrN2O3. The van der Waals surface area contributed by atoms with Crippen molar-refractivity contribution in [2.75, 3.05) is 5.32 Å². The van der Waals surface area contributed by atoms with Gasteiger partial charge in [0.2, 0.25) is 5.91 Å². The van der Waals surface area contributed by atoms with Crippen LogP contribution in [0, 0.1) is 5.92 Å². The van der Waals surface area contributed by atoms with Crippen LogP contribution in [0.15, 0.2) is 22.7 Å². The van der Waals surface area contributed by atoms with Crippen LogP contribution in [0.25, 0.3) is 0 Å². The number of nitrogens with one attached hydrogen (secondary N) is 1. The second-order valence-electron chi connectivity index (χ2n) is 4.97. The quantitative estimate of drug-likeness (QED) is 0.773. The lowest BCUT2D eigenvalue weighted by Gasteiger charge is -2.28. The summed E-state index contributed by atoms with van der Waals surface area (Å²) < 4.78 is 0.622. The molecule has 1 unspecified atom stereocenters. The van der Waals surface area contributed by atoms with E-state index in [-0.39, 0.29) is 5.92 Å². The normalized spacial score (nSPS) is 17.6. The molecule has 1 amide bonds. The molecule has 0 heterocycles. The van der Waals surface area contributed by atoms with E-state index in [2.05, 4.69) is 21.2 Å². The summed E-state index contributed by atoms with van der Waals surface area (Å²) in [5.41, 5.74) is 5.22. The number of hydrogen-bond acceptors (Lipinski definition) is 3. The predicted octanol–water partition coefficient (Wildman–Crippen LogP) is 2.21. The average Bonchev–Trinajstić information content (AvgIpc) is 3.15. The summed E-state index contributed by atoms with van der Waals surface area (Å²) in [6.07, 6.45) is 1.82. The third kappa shape index (κ3) is 2.73. The molecule has 2 rings (SSSR count). The van der Waals surface area contributed by atoms with E-state index in [0.29, 0.717) is 15.7 Å². The Balaban J connectivity index is 2.27. The van der Waals surface area contributed by atoms with Crippen LogP contribution in [0.1, 0.15) is 30.1 Å². The van der Waals surface area contributed by atoms with Crippen LogP contribution < -0.4 is 11.1 Å². The molecule has 0 saturated heterocycles. The highest BCUT2D eigenvalue weighted by Gasteiger charge is 2.47. The van der Waals surface area contributed by atoms with Crippen molar-refractivity contribution < 1.29 is 14.7 Å². The first kappa shape index (κ1) is 13.9. The summed E-state index contributed by atoms with van der Waals surface area (Å²) in [5, 5.41) is 12.4. The fraction of sp³-hybridized carbons (Fsp3) is 0.385. The van der Waals surface area contributed by atoms with Gasteiger partial charge in [0.1, 0.15) is 5.54 Å². The van der Waals surface area contributed by atoms with Gasteiger partial charge in [-0.2, -0.15) is 0 Å². The van der Waals surface area contributed by atoms with Gasteiger partial charge in [-0.05, 0) is 59.8 Å². The van der Waals surface area contributed by atoms with Gasteiger partial charge in [0.15, 0.2) is 0 Å². The van der Waals surface area contributed by atoms with Gasteiger partial charge in [0.05, 0.1) is 0 Å². The fourth-order valence-electron chi connectivity index (χ4n) is 2.04. The summed E-state index contributed by atoms with van der Waals surface area (Å²) in [7, 11) is 0. The molecule has 1 saturated carbocycles. The molecule has 0 spiro atoms. The molecular weight excluding hydrogens is 312 g/mol. The summed E-state index contributed by atoms with van der Waals surface area (Å²) in [5.74, 6) is -1.26. The Morgan fingerprint density at radius 3 is 2.53 bits per heavy atom. The summed E-state index contributed by atoms with van der Waals surface area (Å²) in [4.78, 5) is 22.5. The minimum atomic E-state index is -0.989. The van der Waals surface area contributed by atoms with E-state index in [9.17, 15) is 14.7 Å². The standard InChI is InChI=1S/C13H15BrN2O3/c1-13(12(18)19,8-3-4-8)16-10-5-2-7(11(15)17)6-9(10)14/h2,5-6,8,16H,3-4H2,1H3,(H2,15,17)(H,18,19). The molecule has 1 aliphatic carbocycles. The summed E-state index contributed by atoms with van der Waals surface area (Å²) in [6.45, 7) is 1.68. The number of carbonyl (C=O) groups excluding carboxylic acids is 1. The number of anilines is 1. The fourth-order valence-corrected chi connectivity index (χ4v) is 2.52. The Hall–Kier alpha value is -1.56. The van der Waals surface area contributed by atoms with Crippen molar-refractivity contribution in [1.82, 2.24) is 0 Å². The summed E-state index contributed by atoms with van der Waals surface area (Å²) in [6, 6.07) is 4.82. The molecule has 5 nitrogen and oxygen atoms in total. The molecule has 6 heteroatoms. The average molecular weight is 327 g/mol. The molecule has 1 atom stereocenters. The number of carbonyl (C=O) groups is 2. The maximum atomic E-state index is 11.4. The second kappa shape index (κ2) is 4.85. The van der Waals surface area contributed by atoms with E-state index >= 15 is 0 Å². The highest BCUT2D eigenvalue weighted by Crippen LogP contribution is 2.42. The molecule has 4 N–H and O–H groups in total. The zero-order chi connectivity index (χ0) is 14.2. The number of carboxylic acid groups (broad SMARTS) is 1. The van der Waals surface area contributed by atoms with Crippen molar-refractivity contribution in [1.29, 1.82) is 0 Å². The maximum absolute atomic E-state index is 11.4. The van der Waals surface area contributed by atoms with Gasteiger partial charge in [-0.15, -0.1) is 0 Å². The van der Waals surface area contributed by atoms with Gasteiger partial charge >= 0.3 is 5.97 Å². The smallest absolute Gasteiger partial charge is 0.329 e. The highest BCUT2D eigenvalue weighted by atomic mass is 79.9. The lowest BCUT2D eigenvalue weighted by Crippen LogP contribution is -2.45. The lowest BCUT2D eigenvalue weighted by molar-refractivity contribution is -0.142. The number of aliphatic carboxylic acids is 1. The van der Waals surface area contributed by atoms with Crippen LogP contribution in [-0.2, 0) is 4.79 Å². The van der Waals surface area contributed by atoms with Gasteiger partial charge in [0.25, 0.3) is 0 Å². The first-order valence-electron chi connectivity index (χ1n) is 5.95. The topological polar surface area (TPSA) is 92.4 Å². The molecule has 102 valence electrons. The predicted molar refractivity (Wildman–Crippen MR) is 75.0 cm³/mol. The molecule has 19 heavy (non-hydrogen) atoms. The third-order valence-electron chi connectivity index (χ3n) is 3.49. The Bertz CT molecular complexity index is 543. The molecule has 0 radical (unpaired) electrons. The van der Waals surface area contributed by atoms with Gasteiger partial charge in [-0.25, -0.2) is 4.79 Å². The third-order valence-corrected chi connectivity index (χ3v) is 4.14. The van der Waals surface area contributed by atoms with E-state index in [4.69, 9.17) is 5.73 Å². The Kier molecular flexibility index (Phi) is 3.54. The molecule has 1 aromatic carbocycles. The number of nitrogens with two attached hydrogens (primary N) is 1. The van der Waals surface area contributed by atoms with Crippen LogP contribution in [0.4, 0.5) is 5.69 Å². The molecule has 0 bridgehead atoms. The number of halogens is 1. The molecule has 1 fully saturated rings. The number of benzene rings is 1. The van der Waals surface area contributed by atoms with Crippen LogP contribution in [0.5, 0.6) is 0 Å². The van der Waals surface area contributed by atoms with E-state index in [0.717, 1.165) is 12.8 Å². The van der Waals surface area contributed by atoms with Gasteiger partial charge in [-0.3, -0.25) is 4.79 Å².